The number of benzene rings is 1. The fourth-order valence-corrected chi connectivity index (χ4v) is 4.64. The summed E-state index contributed by atoms with van der Waals surface area (Å²) in [6, 6.07) is 6.06. The number of Topliss-reactive ketones (excluding diaryl/α,β-unsaturated/α-hetero) is 1. The number of unbranched alkanes of at least 4 members (excludes halogenated alkanes) is 8. The number of hydrogen-bond acceptors (Lipinski definition) is 5. The average molecular weight is 560 g/mol. The third-order valence-corrected chi connectivity index (χ3v) is 7.10. The lowest BCUT2D eigenvalue weighted by Gasteiger charge is -2.29. The number of carboxylic acid groups (broad SMARTS) is 2. The molecule has 1 rings (SSSR count). The van der Waals surface area contributed by atoms with E-state index in [0.717, 1.165) is 49.7 Å². The Kier molecular flexibility index (Phi) is 16.8. The Balaban J connectivity index is 2.62. The molecule has 0 spiro atoms. The van der Waals surface area contributed by atoms with Crippen LogP contribution in [0.5, 0.6) is 0 Å². The van der Waals surface area contributed by atoms with E-state index < -0.39 is 41.8 Å². The Hall–Kier alpha value is -3.00. The molecule has 8 nitrogen and oxygen atoms in total. The summed E-state index contributed by atoms with van der Waals surface area (Å²) in [6.07, 6.45) is 13.7. The molecule has 0 aromatic heterocycles. The molecule has 3 atom stereocenters. The maximum atomic E-state index is 13.1. The van der Waals surface area contributed by atoms with Crippen molar-refractivity contribution in [3.05, 3.63) is 47.5 Å². The first-order chi connectivity index (χ1) is 19.0. The minimum atomic E-state index is -1.91. The molecule has 40 heavy (non-hydrogen) atoms. The Morgan fingerprint density at radius 2 is 1.48 bits per heavy atom. The van der Waals surface area contributed by atoms with E-state index in [0.29, 0.717) is 25.0 Å². The fraction of sp³-hybridized carbons (Fsp3) is 0.625. The SMILES string of the molecule is CCCCCCCC(=O)CCCCCC/C=C/[C@H](C(=O)N[C@@H](Cc1ccc(C)cc1)C(=O)O)[C@@](C)(O)CC(=O)O. The van der Waals surface area contributed by atoms with E-state index in [9.17, 15) is 34.5 Å². The van der Waals surface area contributed by atoms with Gasteiger partial charge in [-0.15, -0.1) is 0 Å². The third-order valence-electron chi connectivity index (χ3n) is 7.10. The monoisotopic (exact) mass is 559 g/mol. The van der Waals surface area contributed by atoms with Crippen LogP contribution in [0, 0.1) is 12.8 Å². The standard InChI is InChI=1S/C32H49NO7/c1-4-5-6-9-12-15-26(34)16-13-10-7-8-11-14-17-27(32(3,40)23-29(35)36)30(37)33-28(31(38)39)22-25-20-18-24(2)19-21-25/h14,17-21,27-28,40H,4-13,15-16,22-23H2,1-3H3,(H,33,37)(H,35,36)(H,38,39)/b17-14+/t27-,28+,32+/m1/s1. The van der Waals surface area contributed by atoms with Crippen molar-refractivity contribution >= 4 is 23.6 Å². The Morgan fingerprint density at radius 3 is 2.02 bits per heavy atom. The molecule has 0 heterocycles. The maximum Gasteiger partial charge on any atom is 0.326 e. The highest BCUT2D eigenvalue weighted by Gasteiger charge is 2.39. The quantitative estimate of drug-likeness (QED) is 0.104. The van der Waals surface area contributed by atoms with Crippen molar-refractivity contribution in [2.24, 2.45) is 5.92 Å². The Labute approximate surface area is 239 Å². The van der Waals surface area contributed by atoms with Gasteiger partial charge in [0.1, 0.15) is 11.8 Å². The predicted molar refractivity (Wildman–Crippen MR) is 156 cm³/mol. The van der Waals surface area contributed by atoms with Gasteiger partial charge in [0.05, 0.1) is 17.9 Å². The number of carbonyl (C=O) groups is 4. The van der Waals surface area contributed by atoms with E-state index in [1.54, 1.807) is 18.2 Å². The molecule has 1 aromatic carbocycles. The molecule has 0 aliphatic heterocycles. The van der Waals surface area contributed by atoms with Crippen LogP contribution in [-0.2, 0) is 25.6 Å². The first-order valence-corrected chi connectivity index (χ1v) is 14.7. The number of carboxylic acids is 2. The van der Waals surface area contributed by atoms with Crippen molar-refractivity contribution in [3.63, 3.8) is 0 Å². The van der Waals surface area contributed by atoms with Crippen LogP contribution in [0.2, 0.25) is 0 Å². The first kappa shape index (κ1) is 35.0. The van der Waals surface area contributed by atoms with Crippen molar-refractivity contribution in [2.45, 2.75) is 122 Å². The first-order valence-electron chi connectivity index (χ1n) is 14.7. The van der Waals surface area contributed by atoms with E-state index in [1.807, 2.05) is 19.1 Å². The van der Waals surface area contributed by atoms with E-state index in [4.69, 9.17) is 0 Å². The van der Waals surface area contributed by atoms with E-state index >= 15 is 0 Å². The predicted octanol–water partition coefficient (Wildman–Crippen LogP) is 5.78. The van der Waals surface area contributed by atoms with Gasteiger partial charge in [-0.05, 0) is 45.1 Å². The molecular formula is C32H49NO7. The highest BCUT2D eigenvalue weighted by atomic mass is 16.4. The normalized spacial score (nSPS) is 14.4. The highest BCUT2D eigenvalue weighted by Crippen LogP contribution is 2.24. The molecule has 0 saturated carbocycles. The number of ketones is 1. The number of aliphatic hydroxyl groups is 1. The summed E-state index contributed by atoms with van der Waals surface area (Å²) in [4.78, 5) is 48.3. The molecule has 0 bridgehead atoms. The van der Waals surface area contributed by atoms with Gasteiger partial charge in [-0.2, -0.15) is 0 Å². The van der Waals surface area contributed by atoms with Gasteiger partial charge in [-0.1, -0.05) is 87.4 Å². The second-order valence-corrected chi connectivity index (χ2v) is 11.1. The van der Waals surface area contributed by atoms with Crippen LogP contribution in [0.1, 0.15) is 108 Å². The van der Waals surface area contributed by atoms with Crippen LogP contribution in [0.15, 0.2) is 36.4 Å². The summed E-state index contributed by atoms with van der Waals surface area (Å²) in [5, 5.41) is 32.3. The number of rotatable bonds is 22. The second-order valence-electron chi connectivity index (χ2n) is 11.1. The zero-order valence-electron chi connectivity index (χ0n) is 24.5. The second kappa shape index (κ2) is 19.1. The number of allylic oxidation sites excluding steroid dienone is 1. The van der Waals surface area contributed by atoms with Crippen LogP contribution < -0.4 is 5.32 Å². The van der Waals surface area contributed by atoms with Gasteiger partial charge < -0.3 is 20.6 Å². The van der Waals surface area contributed by atoms with Gasteiger partial charge in [0.25, 0.3) is 0 Å². The van der Waals surface area contributed by atoms with Gasteiger partial charge in [-0.3, -0.25) is 14.4 Å². The molecule has 0 fully saturated rings. The topological polar surface area (TPSA) is 141 Å². The van der Waals surface area contributed by atoms with Gasteiger partial charge in [-0.25, -0.2) is 4.79 Å². The van der Waals surface area contributed by atoms with Crippen LogP contribution in [0.25, 0.3) is 0 Å². The zero-order valence-corrected chi connectivity index (χ0v) is 24.5. The minimum Gasteiger partial charge on any atom is -0.481 e. The molecular weight excluding hydrogens is 510 g/mol. The molecule has 8 heteroatoms. The van der Waals surface area contributed by atoms with Crippen molar-refractivity contribution in [1.82, 2.24) is 5.32 Å². The summed E-state index contributed by atoms with van der Waals surface area (Å²) in [5.41, 5.74) is -0.149. The van der Waals surface area contributed by atoms with Crippen molar-refractivity contribution in [3.8, 4) is 0 Å². The lowest BCUT2D eigenvalue weighted by Crippen LogP contribution is -2.50. The summed E-state index contributed by atoms with van der Waals surface area (Å²) >= 11 is 0. The molecule has 0 saturated heterocycles. The molecule has 1 amide bonds. The minimum absolute atomic E-state index is 0.0558. The summed E-state index contributed by atoms with van der Waals surface area (Å²) < 4.78 is 0. The van der Waals surface area contributed by atoms with Gasteiger partial charge >= 0.3 is 11.9 Å². The smallest absolute Gasteiger partial charge is 0.326 e. The molecule has 1 aromatic rings. The Bertz CT molecular complexity index is 953. The number of amides is 1. The van der Waals surface area contributed by atoms with E-state index in [-0.39, 0.29) is 6.42 Å². The number of aryl methyl sites for hydroxylation is 1. The van der Waals surface area contributed by atoms with Crippen LogP contribution in [-0.4, -0.2) is 50.6 Å². The summed E-state index contributed by atoms with van der Waals surface area (Å²) in [7, 11) is 0. The molecule has 4 N–H and O–H groups in total. The number of nitrogens with one attached hydrogen (secondary N) is 1. The van der Waals surface area contributed by atoms with Crippen LogP contribution in [0.3, 0.4) is 0 Å². The lowest BCUT2D eigenvalue weighted by molar-refractivity contribution is -0.148. The molecule has 0 aliphatic carbocycles. The van der Waals surface area contributed by atoms with Gasteiger partial charge in [0, 0.05) is 19.3 Å². The van der Waals surface area contributed by atoms with E-state index in [1.165, 1.54) is 32.3 Å². The molecule has 224 valence electrons. The number of carbonyl (C=O) groups excluding carboxylic acids is 2. The summed E-state index contributed by atoms with van der Waals surface area (Å²) in [5.74, 6) is -4.13. The number of aliphatic carboxylic acids is 2. The molecule has 0 radical (unpaired) electrons. The highest BCUT2D eigenvalue weighted by molar-refractivity contribution is 5.87. The zero-order chi connectivity index (χ0) is 30.0. The van der Waals surface area contributed by atoms with Crippen molar-refractivity contribution < 1.29 is 34.5 Å². The molecule has 0 unspecified atom stereocenters. The number of hydrogen-bond donors (Lipinski definition) is 4. The van der Waals surface area contributed by atoms with Gasteiger partial charge in [0.15, 0.2) is 0 Å². The Morgan fingerprint density at radius 1 is 0.900 bits per heavy atom. The lowest BCUT2D eigenvalue weighted by atomic mass is 9.84. The molecule has 0 aliphatic rings. The van der Waals surface area contributed by atoms with Crippen molar-refractivity contribution in [1.29, 1.82) is 0 Å². The fourth-order valence-electron chi connectivity index (χ4n) is 4.64. The van der Waals surface area contributed by atoms with Crippen LogP contribution >= 0.6 is 0 Å². The van der Waals surface area contributed by atoms with Crippen LogP contribution in [0.4, 0.5) is 0 Å². The van der Waals surface area contributed by atoms with Gasteiger partial charge in [0.2, 0.25) is 5.91 Å². The third kappa shape index (κ3) is 15.0. The van der Waals surface area contributed by atoms with Crippen molar-refractivity contribution in [2.75, 3.05) is 0 Å². The largest absolute Gasteiger partial charge is 0.481 e. The summed E-state index contributed by atoms with van der Waals surface area (Å²) in [6.45, 7) is 5.36. The maximum absolute atomic E-state index is 13.1. The average Bonchev–Trinajstić information content (AvgIpc) is 2.87. The van der Waals surface area contributed by atoms with E-state index in [2.05, 4.69) is 12.2 Å².